The van der Waals surface area contributed by atoms with Crippen molar-refractivity contribution >= 4 is 23.0 Å². The third kappa shape index (κ3) is 2.87. The number of benzene rings is 1. The van der Waals surface area contributed by atoms with Crippen molar-refractivity contribution in [3.63, 3.8) is 0 Å². The van der Waals surface area contributed by atoms with Crippen LogP contribution in [-0.2, 0) is 4.79 Å². The van der Waals surface area contributed by atoms with Crippen molar-refractivity contribution in [1.29, 1.82) is 0 Å². The molecule has 94 valence electrons. The average Bonchev–Trinajstić information content (AvgIpc) is 2.77. The fraction of sp³-hybridized carbons (Fsp3) is 0.154. The SMILES string of the molecule is Cc1cc(F)cc(NC(C(=O)O)c2ccsc2)c1. The lowest BCUT2D eigenvalue weighted by molar-refractivity contribution is -0.138. The molecule has 3 nitrogen and oxygen atoms in total. The van der Waals surface area contributed by atoms with Gasteiger partial charge in [0.2, 0.25) is 0 Å². The summed E-state index contributed by atoms with van der Waals surface area (Å²) in [5.41, 5.74) is 1.87. The predicted octanol–water partition coefficient (Wildman–Crippen LogP) is 3.43. The zero-order valence-electron chi connectivity index (χ0n) is 9.68. The second-order valence-electron chi connectivity index (χ2n) is 3.99. The van der Waals surface area contributed by atoms with E-state index in [1.807, 2.05) is 5.38 Å². The van der Waals surface area contributed by atoms with Gasteiger partial charge in [-0.25, -0.2) is 9.18 Å². The largest absolute Gasteiger partial charge is 0.479 e. The molecule has 0 amide bonds. The fourth-order valence-electron chi connectivity index (χ4n) is 1.71. The number of halogens is 1. The Labute approximate surface area is 108 Å². The molecule has 0 saturated heterocycles. The summed E-state index contributed by atoms with van der Waals surface area (Å²) in [7, 11) is 0. The summed E-state index contributed by atoms with van der Waals surface area (Å²) in [5, 5.41) is 15.6. The molecule has 18 heavy (non-hydrogen) atoms. The van der Waals surface area contributed by atoms with Crippen LogP contribution < -0.4 is 5.32 Å². The minimum absolute atomic E-state index is 0.382. The number of carboxylic acid groups (broad SMARTS) is 1. The van der Waals surface area contributed by atoms with Crippen molar-refractivity contribution in [2.75, 3.05) is 5.32 Å². The van der Waals surface area contributed by atoms with Crippen LogP contribution in [0.3, 0.4) is 0 Å². The van der Waals surface area contributed by atoms with Crippen LogP contribution in [0.15, 0.2) is 35.0 Å². The molecule has 1 unspecified atom stereocenters. The molecule has 1 aromatic carbocycles. The van der Waals surface area contributed by atoms with Gasteiger partial charge in [0.05, 0.1) is 0 Å². The van der Waals surface area contributed by atoms with Gasteiger partial charge in [0, 0.05) is 5.69 Å². The first kappa shape index (κ1) is 12.6. The summed E-state index contributed by atoms with van der Waals surface area (Å²) in [5.74, 6) is -1.37. The van der Waals surface area contributed by atoms with Crippen molar-refractivity contribution in [3.05, 3.63) is 52.0 Å². The normalized spacial score (nSPS) is 12.1. The number of hydrogen-bond donors (Lipinski definition) is 2. The van der Waals surface area contributed by atoms with E-state index >= 15 is 0 Å². The Morgan fingerprint density at radius 3 is 2.78 bits per heavy atom. The van der Waals surface area contributed by atoms with Crippen LogP contribution in [0.4, 0.5) is 10.1 Å². The van der Waals surface area contributed by atoms with E-state index in [1.165, 1.54) is 23.5 Å². The quantitative estimate of drug-likeness (QED) is 0.890. The number of aryl methyl sites for hydroxylation is 1. The number of rotatable bonds is 4. The van der Waals surface area contributed by atoms with E-state index in [0.29, 0.717) is 11.3 Å². The lowest BCUT2D eigenvalue weighted by atomic mass is 10.1. The van der Waals surface area contributed by atoms with Gasteiger partial charge in [-0.05, 0) is 53.1 Å². The summed E-state index contributed by atoms with van der Waals surface area (Å²) >= 11 is 1.42. The van der Waals surface area contributed by atoms with Crippen molar-refractivity contribution in [3.8, 4) is 0 Å². The van der Waals surface area contributed by atoms with Gasteiger partial charge in [0.1, 0.15) is 5.82 Å². The minimum Gasteiger partial charge on any atom is -0.479 e. The number of thiophene rings is 1. The van der Waals surface area contributed by atoms with Gasteiger partial charge in [-0.2, -0.15) is 11.3 Å². The van der Waals surface area contributed by atoms with Crippen LogP contribution >= 0.6 is 11.3 Å². The Morgan fingerprint density at radius 2 is 2.22 bits per heavy atom. The van der Waals surface area contributed by atoms with Crippen molar-refractivity contribution < 1.29 is 14.3 Å². The molecule has 2 aromatic rings. The molecule has 5 heteroatoms. The lowest BCUT2D eigenvalue weighted by Crippen LogP contribution is -2.20. The number of nitrogens with one attached hydrogen (secondary N) is 1. The molecule has 0 fully saturated rings. The summed E-state index contributed by atoms with van der Waals surface area (Å²) in [6.45, 7) is 1.76. The molecule has 0 bridgehead atoms. The first-order chi connectivity index (χ1) is 8.56. The Balaban J connectivity index is 2.27. The van der Waals surface area contributed by atoms with E-state index in [2.05, 4.69) is 5.32 Å². The molecule has 0 aliphatic rings. The fourth-order valence-corrected chi connectivity index (χ4v) is 2.40. The summed E-state index contributed by atoms with van der Waals surface area (Å²) in [4.78, 5) is 11.2. The Morgan fingerprint density at radius 1 is 1.44 bits per heavy atom. The zero-order valence-corrected chi connectivity index (χ0v) is 10.5. The minimum atomic E-state index is -0.990. The van der Waals surface area contributed by atoms with E-state index in [4.69, 9.17) is 0 Å². The average molecular weight is 265 g/mol. The molecule has 1 aromatic heterocycles. The molecule has 1 heterocycles. The smallest absolute Gasteiger partial charge is 0.330 e. The molecule has 0 radical (unpaired) electrons. The highest BCUT2D eigenvalue weighted by atomic mass is 32.1. The van der Waals surface area contributed by atoms with Crippen LogP contribution in [0.2, 0.25) is 0 Å². The van der Waals surface area contributed by atoms with Crippen molar-refractivity contribution in [1.82, 2.24) is 0 Å². The highest BCUT2D eigenvalue weighted by molar-refractivity contribution is 7.08. The molecular weight excluding hydrogens is 253 g/mol. The van der Waals surface area contributed by atoms with E-state index < -0.39 is 12.0 Å². The Hall–Kier alpha value is -1.88. The molecule has 0 aliphatic heterocycles. The number of anilines is 1. The number of carboxylic acids is 1. The second-order valence-corrected chi connectivity index (χ2v) is 4.77. The topological polar surface area (TPSA) is 49.3 Å². The Kier molecular flexibility index (Phi) is 3.62. The molecule has 0 aliphatic carbocycles. The summed E-state index contributed by atoms with van der Waals surface area (Å²) < 4.78 is 13.2. The van der Waals surface area contributed by atoms with Crippen LogP contribution in [-0.4, -0.2) is 11.1 Å². The van der Waals surface area contributed by atoms with E-state index in [-0.39, 0.29) is 5.82 Å². The number of carbonyl (C=O) groups is 1. The number of hydrogen-bond acceptors (Lipinski definition) is 3. The van der Waals surface area contributed by atoms with E-state index in [9.17, 15) is 14.3 Å². The van der Waals surface area contributed by atoms with Gasteiger partial charge in [-0.15, -0.1) is 0 Å². The van der Waals surface area contributed by atoms with Gasteiger partial charge < -0.3 is 10.4 Å². The van der Waals surface area contributed by atoms with E-state index in [1.54, 1.807) is 24.4 Å². The maximum atomic E-state index is 13.2. The van der Waals surface area contributed by atoms with Crippen molar-refractivity contribution in [2.24, 2.45) is 0 Å². The van der Waals surface area contributed by atoms with Gasteiger partial charge >= 0.3 is 5.97 Å². The van der Waals surface area contributed by atoms with Crippen LogP contribution in [0, 0.1) is 12.7 Å². The predicted molar refractivity (Wildman–Crippen MR) is 69.5 cm³/mol. The maximum absolute atomic E-state index is 13.2. The van der Waals surface area contributed by atoms with Gasteiger partial charge in [0.15, 0.2) is 6.04 Å². The summed E-state index contributed by atoms with van der Waals surface area (Å²) in [6.07, 6.45) is 0. The van der Waals surface area contributed by atoms with E-state index in [0.717, 1.165) is 5.56 Å². The Bertz CT molecular complexity index is 534. The highest BCUT2D eigenvalue weighted by Gasteiger charge is 2.20. The lowest BCUT2D eigenvalue weighted by Gasteiger charge is -2.15. The first-order valence-corrected chi connectivity index (χ1v) is 6.29. The molecule has 0 saturated carbocycles. The van der Waals surface area contributed by atoms with Crippen molar-refractivity contribution in [2.45, 2.75) is 13.0 Å². The third-order valence-electron chi connectivity index (χ3n) is 2.48. The van der Waals surface area contributed by atoms with Gasteiger partial charge in [0.25, 0.3) is 0 Å². The monoisotopic (exact) mass is 265 g/mol. The maximum Gasteiger partial charge on any atom is 0.330 e. The number of aliphatic carboxylic acids is 1. The molecule has 2 rings (SSSR count). The molecule has 1 atom stereocenters. The second kappa shape index (κ2) is 5.18. The van der Waals surface area contributed by atoms with Crippen LogP contribution in [0.5, 0.6) is 0 Å². The molecule has 0 spiro atoms. The third-order valence-corrected chi connectivity index (χ3v) is 3.18. The highest BCUT2D eigenvalue weighted by Crippen LogP contribution is 2.23. The zero-order chi connectivity index (χ0) is 13.1. The standard InChI is InChI=1S/C13H12FNO2S/c1-8-4-10(14)6-11(5-8)15-12(13(16)17)9-2-3-18-7-9/h2-7,12,15H,1H3,(H,16,17). The van der Waals surface area contributed by atoms with Crippen LogP contribution in [0.1, 0.15) is 17.2 Å². The van der Waals surface area contributed by atoms with Crippen LogP contribution in [0.25, 0.3) is 0 Å². The molecular formula is C13H12FNO2S. The van der Waals surface area contributed by atoms with Gasteiger partial charge in [-0.1, -0.05) is 0 Å². The summed E-state index contributed by atoms with van der Waals surface area (Å²) in [6, 6.07) is 5.27. The molecule has 2 N–H and O–H groups in total. The first-order valence-electron chi connectivity index (χ1n) is 5.35. The van der Waals surface area contributed by atoms with Gasteiger partial charge in [-0.3, -0.25) is 0 Å².